The second kappa shape index (κ2) is 7.46. The first-order valence-electron chi connectivity index (χ1n) is 6.32. The number of carbonyl (C=O) groups is 2. The molecule has 0 bridgehead atoms. The highest BCUT2D eigenvalue weighted by Gasteiger charge is 2.14. The number of hydrogen-bond acceptors (Lipinski definition) is 3. The third-order valence-corrected chi connectivity index (χ3v) is 3.02. The molecule has 118 valence electrons. The minimum Gasteiger partial charge on any atom is -0.315 e. The predicted octanol–water partition coefficient (Wildman–Crippen LogP) is 2.71. The average molecular weight is 338 g/mol. The molecule has 2 amide bonds. The van der Waals surface area contributed by atoms with Crippen molar-refractivity contribution in [3.05, 3.63) is 64.7 Å². The zero-order valence-corrected chi connectivity index (χ0v) is 12.3. The van der Waals surface area contributed by atoms with Crippen LogP contribution in [0, 0.1) is 11.6 Å². The molecule has 2 rings (SSSR count). The lowest BCUT2D eigenvalue weighted by Gasteiger charge is -2.04. The van der Waals surface area contributed by atoms with Gasteiger partial charge < -0.3 is 5.32 Å². The van der Waals surface area contributed by atoms with Crippen LogP contribution in [-0.4, -0.2) is 18.0 Å². The minimum absolute atomic E-state index is 0.0380. The fraction of sp³-hybridized carbons (Fsp3) is 0. The van der Waals surface area contributed by atoms with Gasteiger partial charge in [0.25, 0.3) is 0 Å². The van der Waals surface area contributed by atoms with E-state index in [1.807, 2.05) is 5.43 Å². The molecule has 23 heavy (non-hydrogen) atoms. The van der Waals surface area contributed by atoms with Gasteiger partial charge in [0.2, 0.25) is 0 Å². The van der Waals surface area contributed by atoms with Gasteiger partial charge in [0, 0.05) is 5.56 Å². The van der Waals surface area contributed by atoms with Crippen molar-refractivity contribution in [3.8, 4) is 0 Å². The third kappa shape index (κ3) is 4.33. The fourth-order valence-corrected chi connectivity index (χ4v) is 1.79. The molecule has 2 aromatic carbocycles. The summed E-state index contributed by atoms with van der Waals surface area (Å²) in [5.74, 6) is -3.58. The number of amides is 2. The Morgan fingerprint density at radius 2 is 1.70 bits per heavy atom. The van der Waals surface area contributed by atoms with E-state index in [2.05, 4.69) is 10.4 Å². The second-order valence-electron chi connectivity index (χ2n) is 4.27. The molecule has 0 unspecified atom stereocenters. The summed E-state index contributed by atoms with van der Waals surface area (Å²) in [6.07, 6.45) is 0.964. The largest absolute Gasteiger partial charge is 0.329 e. The van der Waals surface area contributed by atoms with E-state index < -0.39 is 23.4 Å². The molecule has 0 saturated heterocycles. The van der Waals surface area contributed by atoms with E-state index in [0.29, 0.717) is 0 Å². The normalized spacial score (nSPS) is 10.6. The molecule has 2 N–H and O–H groups in total. The molecule has 0 heterocycles. The summed E-state index contributed by atoms with van der Waals surface area (Å²) in [5.41, 5.74) is 1.71. The van der Waals surface area contributed by atoms with E-state index in [9.17, 15) is 18.4 Å². The first-order chi connectivity index (χ1) is 11.0. The summed E-state index contributed by atoms with van der Waals surface area (Å²) in [4.78, 5) is 23.1. The molecule has 5 nitrogen and oxygen atoms in total. The molecule has 0 radical (unpaired) electrons. The van der Waals surface area contributed by atoms with Crippen molar-refractivity contribution < 1.29 is 18.4 Å². The highest BCUT2D eigenvalue weighted by molar-refractivity contribution is 6.39. The summed E-state index contributed by atoms with van der Waals surface area (Å²) in [7, 11) is 0. The van der Waals surface area contributed by atoms with Crippen LogP contribution in [0.4, 0.5) is 14.5 Å². The average Bonchev–Trinajstić information content (AvgIpc) is 2.52. The van der Waals surface area contributed by atoms with Gasteiger partial charge in [-0.25, -0.2) is 14.2 Å². The minimum atomic E-state index is -1.14. The van der Waals surface area contributed by atoms with Crippen LogP contribution in [0.1, 0.15) is 5.56 Å². The Labute approximate surface area is 135 Å². The number of carbonyl (C=O) groups excluding carboxylic acids is 2. The number of para-hydroxylation sites is 1. The van der Waals surface area contributed by atoms with Crippen LogP contribution in [0.5, 0.6) is 0 Å². The quantitative estimate of drug-likeness (QED) is 0.513. The number of nitrogens with one attached hydrogen (secondary N) is 2. The second-order valence-corrected chi connectivity index (χ2v) is 4.68. The number of anilines is 1. The summed E-state index contributed by atoms with van der Waals surface area (Å²) in [5, 5.41) is 5.62. The van der Waals surface area contributed by atoms with Gasteiger partial charge in [-0.2, -0.15) is 5.10 Å². The van der Waals surface area contributed by atoms with Crippen LogP contribution in [0.25, 0.3) is 0 Å². The van der Waals surface area contributed by atoms with Crippen LogP contribution in [0.15, 0.2) is 47.6 Å². The number of halogens is 3. The van der Waals surface area contributed by atoms with Crippen molar-refractivity contribution in [3.63, 3.8) is 0 Å². The van der Waals surface area contributed by atoms with Gasteiger partial charge in [-0.05, 0) is 24.3 Å². The third-order valence-electron chi connectivity index (χ3n) is 2.69. The Bertz CT molecular complexity index is 761. The van der Waals surface area contributed by atoms with Gasteiger partial charge in [-0.3, -0.25) is 9.59 Å². The molecular weight excluding hydrogens is 328 g/mol. The zero-order valence-electron chi connectivity index (χ0n) is 11.5. The Morgan fingerprint density at radius 3 is 2.39 bits per heavy atom. The van der Waals surface area contributed by atoms with E-state index in [1.165, 1.54) is 36.4 Å². The van der Waals surface area contributed by atoms with E-state index in [-0.39, 0.29) is 16.3 Å². The van der Waals surface area contributed by atoms with E-state index >= 15 is 0 Å². The van der Waals surface area contributed by atoms with Gasteiger partial charge >= 0.3 is 11.8 Å². The molecule has 0 aromatic heterocycles. The number of hydrazone groups is 1. The summed E-state index contributed by atoms with van der Waals surface area (Å²) in [6, 6.07) is 9.38. The smallest absolute Gasteiger partial charge is 0.315 e. The highest BCUT2D eigenvalue weighted by Crippen LogP contribution is 2.16. The topological polar surface area (TPSA) is 70.6 Å². The fourth-order valence-electron chi connectivity index (χ4n) is 1.58. The summed E-state index contributed by atoms with van der Waals surface area (Å²) >= 11 is 5.77. The van der Waals surface area contributed by atoms with Gasteiger partial charge in [0.1, 0.15) is 11.6 Å². The predicted molar refractivity (Wildman–Crippen MR) is 82.2 cm³/mol. The zero-order chi connectivity index (χ0) is 16.8. The number of hydrogen-bond donors (Lipinski definition) is 2. The standard InChI is InChI=1S/C15H10ClF2N3O2/c16-10-4-3-6-11(17)9(10)8-19-21-15(23)14(22)20-13-7-2-1-5-12(13)18/h1-8H,(H,20,22)(H,21,23)/b19-8+. The van der Waals surface area contributed by atoms with Gasteiger partial charge in [0.05, 0.1) is 16.9 Å². The Balaban J connectivity index is 1.98. The first kappa shape index (κ1) is 16.6. The van der Waals surface area contributed by atoms with Crippen LogP contribution in [0.3, 0.4) is 0 Å². The molecule has 0 aliphatic carbocycles. The maximum absolute atomic E-state index is 13.5. The van der Waals surface area contributed by atoms with Crippen molar-refractivity contribution in [2.45, 2.75) is 0 Å². The molecule has 0 aliphatic rings. The molecular formula is C15H10ClF2N3O2. The molecule has 0 spiro atoms. The van der Waals surface area contributed by atoms with Gasteiger partial charge in [-0.15, -0.1) is 0 Å². The lowest BCUT2D eigenvalue weighted by atomic mass is 10.2. The van der Waals surface area contributed by atoms with E-state index in [0.717, 1.165) is 12.3 Å². The molecule has 8 heteroatoms. The molecule has 0 fully saturated rings. The molecule has 2 aromatic rings. The Hall–Kier alpha value is -2.80. The van der Waals surface area contributed by atoms with Crippen LogP contribution < -0.4 is 10.7 Å². The van der Waals surface area contributed by atoms with Crippen LogP contribution in [0.2, 0.25) is 5.02 Å². The molecule has 0 atom stereocenters. The maximum atomic E-state index is 13.5. The number of benzene rings is 2. The number of nitrogens with zero attached hydrogens (tertiary/aromatic N) is 1. The van der Waals surface area contributed by atoms with Gasteiger partial charge in [0.15, 0.2) is 0 Å². The van der Waals surface area contributed by atoms with Crippen molar-refractivity contribution in [1.29, 1.82) is 0 Å². The van der Waals surface area contributed by atoms with Crippen molar-refractivity contribution >= 4 is 35.3 Å². The molecule has 0 aliphatic heterocycles. The number of rotatable bonds is 3. The van der Waals surface area contributed by atoms with Crippen molar-refractivity contribution in [2.24, 2.45) is 5.10 Å². The van der Waals surface area contributed by atoms with Crippen molar-refractivity contribution in [1.82, 2.24) is 5.43 Å². The van der Waals surface area contributed by atoms with E-state index in [4.69, 9.17) is 11.6 Å². The molecule has 0 saturated carbocycles. The highest BCUT2D eigenvalue weighted by atomic mass is 35.5. The van der Waals surface area contributed by atoms with Gasteiger partial charge in [-0.1, -0.05) is 29.8 Å². The van der Waals surface area contributed by atoms with Crippen LogP contribution >= 0.6 is 11.6 Å². The van der Waals surface area contributed by atoms with E-state index in [1.54, 1.807) is 0 Å². The summed E-state index contributed by atoms with van der Waals surface area (Å²) in [6.45, 7) is 0. The Kier molecular flexibility index (Phi) is 5.37. The van der Waals surface area contributed by atoms with Crippen LogP contribution in [-0.2, 0) is 9.59 Å². The lowest BCUT2D eigenvalue weighted by molar-refractivity contribution is -0.136. The monoisotopic (exact) mass is 337 g/mol. The SMILES string of the molecule is O=C(N/N=C/c1c(F)cccc1Cl)C(=O)Nc1ccccc1F. The Morgan fingerprint density at radius 1 is 1.00 bits per heavy atom. The first-order valence-corrected chi connectivity index (χ1v) is 6.70. The maximum Gasteiger partial charge on any atom is 0.329 e. The van der Waals surface area contributed by atoms with Crippen molar-refractivity contribution in [2.75, 3.05) is 5.32 Å². The summed E-state index contributed by atoms with van der Waals surface area (Å²) < 4.78 is 26.8. The lowest BCUT2D eigenvalue weighted by Crippen LogP contribution is -2.32.